The molecule has 0 N–H and O–H groups in total. The molecule has 0 aromatic rings. The fourth-order valence-corrected chi connectivity index (χ4v) is 6.45. The number of hydrogen-bond acceptors (Lipinski definition) is 5. The number of rotatable bonds is 13. The van der Waals surface area contributed by atoms with Crippen LogP contribution in [0.15, 0.2) is 0 Å². The molecule has 1 atom stereocenters. The Morgan fingerprint density at radius 3 is 1.86 bits per heavy atom. The van der Waals surface area contributed by atoms with Crippen LogP contribution in [0, 0.1) is 0 Å². The molecule has 0 saturated heterocycles. The lowest BCUT2D eigenvalue weighted by Gasteiger charge is -2.35. The first-order chi connectivity index (χ1) is 10.1. The van der Waals surface area contributed by atoms with Gasteiger partial charge in [0.25, 0.3) is 0 Å². The molecule has 0 amide bonds. The summed E-state index contributed by atoms with van der Waals surface area (Å²) in [4.78, 5) is 12.2. The SMILES string of the molecule is CCCSC(=O)CC(CCC)[Si](OCC)(OCC)OCC. The summed E-state index contributed by atoms with van der Waals surface area (Å²) >= 11 is 1.42. The monoisotopic (exact) mass is 336 g/mol. The predicted octanol–water partition coefficient (Wildman–Crippen LogP) is 4.27. The first-order valence-corrected chi connectivity index (χ1v) is 11.0. The highest BCUT2D eigenvalue weighted by atomic mass is 32.2. The van der Waals surface area contributed by atoms with Crippen LogP contribution in [0.5, 0.6) is 0 Å². The van der Waals surface area contributed by atoms with Crippen molar-refractivity contribution in [1.82, 2.24) is 0 Å². The van der Waals surface area contributed by atoms with Gasteiger partial charge in [-0.3, -0.25) is 4.79 Å². The molecule has 126 valence electrons. The van der Waals surface area contributed by atoms with Crippen molar-refractivity contribution in [2.24, 2.45) is 0 Å². The molecule has 0 aliphatic heterocycles. The van der Waals surface area contributed by atoms with Crippen LogP contribution < -0.4 is 0 Å². The van der Waals surface area contributed by atoms with Crippen LogP contribution in [0.4, 0.5) is 0 Å². The summed E-state index contributed by atoms with van der Waals surface area (Å²) in [5.74, 6) is 0.879. The third-order valence-corrected chi connectivity index (χ3v) is 7.72. The summed E-state index contributed by atoms with van der Waals surface area (Å²) in [5, 5.41) is 0.228. The molecule has 0 aromatic heterocycles. The van der Waals surface area contributed by atoms with Crippen LogP contribution in [0.3, 0.4) is 0 Å². The van der Waals surface area contributed by atoms with Gasteiger partial charge in [-0.05, 0) is 33.6 Å². The van der Waals surface area contributed by atoms with Crippen molar-refractivity contribution >= 4 is 25.7 Å². The Labute approximate surface area is 135 Å². The Balaban J connectivity index is 5.04. The van der Waals surface area contributed by atoms with Crippen LogP contribution in [-0.4, -0.2) is 39.5 Å². The number of carbonyl (C=O) groups is 1. The van der Waals surface area contributed by atoms with E-state index < -0.39 is 8.80 Å². The summed E-state index contributed by atoms with van der Waals surface area (Å²) in [7, 11) is -2.78. The zero-order chi connectivity index (χ0) is 16.1. The second kappa shape index (κ2) is 12.6. The van der Waals surface area contributed by atoms with E-state index in [1.54, 1.807) is 0 Å². The van der Waals surface area contributed by atoms with Crippen molar-refractivity contribution in [3.05, 3.63) is 0 Å². The molecule has 0 rings (SSSR count). The zero-order valence-electron chi connectivity index (χ0n) is 14.3. The summed E-state index contributed by atoms with van der Waals surface area (Å²) in [6.45, 7) is 11.8. The minimum absolute atomic E-state index is 0.0687. The maximum absolute atomic E-state index is 12.2. The molecular formula is C15H32O4SSi. The van der Waals surface area contributed by atoms with E-state index >= 15 is 0 Å². The van der Waals surface area contributed by atoms with Crippen molar-refractivity contribution in [3.8, 4) is 0 Å². The molecule has 0 heterocycles. The first-order valence-electron chi connectivity index (χ1n) is 8.17. The van der Waals surface area contributed by atoms with Gasteiger partial charge in [0.2, 0.25) is 0 Å². The van der Waals surface area contributed by atoms with Gasteiger partial charge in [-0.1, -0.05) is 32.0 Å². The molecule has 0 fully saturated rings. The van der Waals surface area contributed by atoms with Crippen LogP contribution in [-0.2, 0) is 18.1 Å². The fraction of sp³-hybridized carbons (Fsp3) is 0.933. The third kappa shape index (κ3) is 7.79. The Bertz CT molecular complexity index is 259. The van der Waals surface area contributed by atoms with Crippen molar-refractivity contribution in [3.63, 3.8) is 0 Å². The molecule has 0 spiro atoms. The second-order valence-corrected chi connectivity index (χ2v) is 8.85. The van der Waals surface area contributed by atoms with Gasteiger partial charge in [-0.25, -0.2) is 0 Å². The minimum atomic E-state index is -2.78. The van der Waals surface area contributed by atoms with Crippen molar-refractivity contribution in [2.75, 3.05) is 25.6 Å². The smallest absolute Gasteiger partial charge is 0.374 e. The van der Waals surface area contributed by atoms with Gasteiger partial charge < -0.3 is 13.3 Å². The van der Waals surface area contributed by atoms with E-state index in [0.29, 0.717) is 26.2 Å². The molecule has 0 aliphatic rings. The van der Waals surface area contributed by atoms with Gasteiger partial charge >= 0.3 is 8.80 Å². The van der Waals surface area contributed by atoms with Crippen LogP contribution in [0.1, 0.15) is 60.3 Å². The standard InChI is InChI=1S/C15H32O4SSi/c1-6-11-14(13-15(16)20-12-7-2)21(17-8-3,18-9-4)19-10-5/h14H,6-13H2,1-5H3. The van der Waals surface area contributed by atoms with Crippen LogP contribution in [0.25, 0.3) is 0 Å². The zero-order valence-corrected chi connectivity index (χ0v) is 16.1. The van der Waals surface area contributed by atoms with E-state index in [2.05, 4.69) is 13.8 Å². The molecule has 0 bridgehead atoms. The molecule has 6 heteroatoms. The highest BCUT2D eigenvalue weighted by Crippen LogP contribution is 2.35. The van der Waals surface area contributed by atoms with Gasteiger partial charge in [-0.15, -0.1) is 0 Å². The van der Waals surface area contributed by atoms with E-state index in [4.69, 9.17) is 13.3 Å². The molecule has 0 aromatic carbocycles. The normalized spacial score (nSPS) is 13.4. The van der Waals surface area contributed by atoms with Gasteiger partial charge in [0, 0.05) is 37.5 Å². The van der Waals surface area contributed by atoms with Crippen molar-refractivity contribution < 1.29 is 18.1 Å². The lowest BCUT2D eigenvalue weighted by molar-refractivity contribution is -0.111. The molecule has 0 saturated carbocycles. The molecule has 0 radical (unpaired) electrons. The molecule has 4 nitrogen and oxygen atoms in total. The summed E-state index contributed by atoms with van der Waals surface area (Å²) < 4.78 is 17.9. The van der Waals surface area contributed by atoms with E-state index in [1.807, 2.05) is 20.8 Å². The van der Waals surface area contributed by atoms with Crippen molar-refractivity contribution in [2.45, 2.75) is 65.8 Å². The highest BCUT2D eigenvalue weighted by Gasteiger charge is 2.49. The van der Waals surface area contributed by atoms with Gasteiger partial charge in [0.05, 0.1) is 0 Å². The minimum Gasteiger partial charge on any atom is -0.374 e. The van der Waals surface area contributed by atoms with E-state index in [-0.39, 0.29) is 10.7 Å². The molecule has 1 unspecified atom stereocenters. The summed E-state index contributed by atoms with van der Waals surface area (Å²) in [6, 6.07) is 0. The largest absolute Gasteiger partial charge is 0.504 e. The Hall–Kier alpha value is 0.117. The van der Waals surface area contributed by atoms with E-state index in [1.165, 1.54) is 11.8 Å². The third-order valence-electron chi connectivity index (χ3n) is 3.05. The Morgan fingerprint density at radius 1 is 0.952 bits per heavy atom. The maximum Gasteiger partial charge on any atom is 0.504 e. The number of hydrogen-bond donors (Lipinski definition) is 0. The van der Waals surface area contributed by atoms with Crippen molar-refractivity contribution in [1.29, 1.82) is 0 Å². The molecule has 21 heavy (non-hydrogen) atoms. The lowest BCUT2D eigenvalue weighted by Crippen LogP contribution is -2.51. The first kappa shape index (κ1) is 21.1. The fourth-order valence-electron chi connectivity index (χ4n) is 2.31. The van der Waals surface area contributed by atoms with Crippen LogP contribution in [0.2, 0.25) is 5.54 Å². The second-order valence-electron chi connectivity index (χ2n) is 4.81. The van der Waals surface area contributed by atoms with Gasteiger partial charge in [0.15, 0.2) is 5.12 Å². The van der Waals surface area contributed by atoms with Gasteiger partial charge in [-0.2, -0.15) is 0 Å². The highest BCUT2D eigenvalue weighted by molar-refractivity contribution is 8.13. The average Bonchev–Trinajstić information content (AvgIpc) is 2.45. The number of thioether (sulfide) groups is 1. The quantitative estimate of drug-likeness (QED) is 0.470. The van der Waals surface area contributed by atoms with E-state index in [0.717, 1.165) is 25.0 Å². The van der Waals surface area contributed by atoms with Gasteiger partial charge in [0.1, 0.15) is 0 Å². The average molecular weight is 337 g/mol. The Morgan fingerprint density at radius 2 is 1.48 bits per heavy atom. The number of carbonyl (C=O) groups excluding carboxylic acids is 1. The molecule has 0 aliphatic carbocycles. The Kier molecular flexibility index (Phi) is 12.7. The lowest BCUT2D eigenvalue weighted by atomic mass is 10.2. The topological polar surface area (TPSA) is 44.8 Å². The maximum atomic E-state index is 12.2. The van der Waals surface area contributed by atoms with E-state index in [9.17, 15) is 4.79 Å². The summed E-state index contributed by atoms with van der Waals surface area (Å²) in [6.07, 6.45) is 3.41. The van der Waals surface area contributed by atoms with Crippen LogP contribution >= 0.6 is 11.8 Å². The summed E-state index contributed by atoms with van der Waals surface area (Å²) in [5.41, 5.74) is 0.0687. The molecular weight excluding hydrogens is 304 g/mol. The predicted molar refractivity (Wildman–Crippen MR) is 91.7 cm³/mol.